The highest BCUT2D eigenvalue weighted by molar-refractivity contribution is 6.16. The molecule has 1 aliphatic heterocycles. The molecule has 3 aromatic rings. The number of hydrogen-bond acceptors (Lipinski definition) is 7. The number of nitrogens with zero attached hydrogens (tertiary/aromatic N) is 5. The number of aromatic nitrogens is 3. The summed E-state index contributed by atoms with van der Waals surface area (Å²) in [5.41, 5.74) is 11.5. The molecule has 2 aromatic heterocycles. The van der Waals surface area contributed by atoms with Gasteiger partial charge < -0.3 is 15.4 Å². The Morgan fingerprint density at radius 1 is 1.03 bits per heavy atom. The van der Waals surface area contributed by atoms with E-state index < -0.39 is 0 Å². The number of rotatable bonds is 5. The Morgan fingerprint density at radius 3 is 2.55 bits per heavy atom. The molecule has 0 fully saturated rings. The van der Waals surface area contributed by atoms with E-state index in [4.69, 9.17) is 20.4 Å². The maximum Gasteiger partial charge on any atom is 0.225 e. The van der Waals surface area contributed by atoms with Crippen LogP contribution in [0.25, 0.3) is 11.3 Å². The molecule has 0 atom stereocenters. The second-order valence-corrected chi connectivity index (χ2v) is 6.88. The predicted molar refractivity (Wildman–Crippen MR) is 116 cm³/mol. The highest BCUT2D eigenvalue weighted by Crippen LogP contribution is 2.38. The molecule has 146 valence electrons. The first-order valence-corrected chi connectivity index (χ1v) is 9.23. The average Bonchev–Trinajstić information content (AvgIpc) is 3.20. The zero-order valence-corrected chi connectivity index (χ0v) is 16.6. The molecule has 0 bridgehead atoms. The number of anilines is 2. The molecule has 0 unspecified atom stereocenters. The number of aliphatic imine (C=N–C) groups is 1. The lowest BCUT2D eigenvalue weighted by molar-refractivity contribution is 0.415. The third-order valence-electron chi connectivity index (χ3n) is 4.71. The van der Waals surface area contributed by atoms with Gasteiger partial charge in [0.05, 0.1) is 24.2 Å². The number of nitrogen functional groups attached to an aromatic ring is 1. The Balaban J connectivity index is 1.85. The third-order valence-corrected chi connectivity index (χ3v) is 4.71. The minimum atomic E-state index is 0.348. The van der Waals surface area contributed by atoms with E-state index >= 15 is 0 Å². The number of hydrogen-bond donors (Lipinski definition) is 1. The molecule has 29 heavy (non-hydrogen) atoms. The quantitative estimate of drug-likeness (QED) is 0.724. The summed E-state index contributed by atoms with van der Waals surface area (Å²) in [6, 6.07) is 13.9. The minimum absolute atomic E-state index is 0.348. The SMILES string of the molecule is COc1cc(C2=C(c3ccnc(N(C)C)n3)CC(c3ccccc3)=N2)cnc1N. The van der Waals surface area contributed by atoms with Crippen LogP contribution in [0.3, 0.4) is 0 Å². The van der Waals surface area contributed by atoms with Gasteiger partial charge in [-0.05, 0) is 17.7 Å². The largest absolute Gasteiger partial charge is 0.493 e. The van der Waals surface area contributed by atoms with Gasteiger partial charge >= 0.3 is 0 Å². The monoisotopic (exact) mass is 386 g/mol. The molecular formula is C22H22N6O. The number of methoxy groups -OCH3 is 1. The molecule has 1 aromatic carbocycles. The lowest BCUT2D eigenvalue weighted by Crippen LogP contribution is -2.13. The van der Waals surface area contributed by atoms with Gasteiger partial charge in [0.2, 0.25) is 5.95 Å². The van der Waals surface area contributed by atoms with Crippen molar-refractivity contribution in [2.24, 2.45) is 4.99 Å². The summed E-state index contributed by atoms with van der Waals surface area (Å²) in [5.74, 6) is 1.52. The fourth-order valence-corrected chi connectivity index (χ4v) is 3.22. The van der Waals surface area contributed by atoms with Gasteiger partial charge in [-0.1, -0.05) is 30.3 Å². The van der Waals surface area contributed by atoms with Crippen molar-refractivity contribution in [3.8, 4) is 5.75 Å². The standard InChI is InChI=1S/C22H22N6O/c1-28(2)22-24-10-9-17(27-22)16-12-18(14-7-5-4-6-8-14)26-20(16)15-11-19(29-3)21(23)25-13-15/h4-11,13H,12H2,1-3H3,(H2,23,25). The second-order valence-electron chi connectivity index (χ2n) is 6.88. The maximum atomic E-state index is 5.90. The Labute approximate surface area is 169 Å². The first-order chi connectivity index (χ1) is 14.1. The van der Waals surface area contributed by atoms with E-state index in [9.17, 15) is 0 Å². The smallest absolute Gasteiger partial charge is 0.225 e. The Hall–Kier alpha value is -3.74. The van der Waals surface area contributed by atoms with Gasteiger partial charge in [0.15, 0.2) is 11.6 Å². The summed E-state index contributed by atoms with van der Waals surface area (Å²) in [4.78, 5) is 20.2. The van der Waals surface area contributed by atoms with Crippen molar-refractivity contribution >= 4 is 28.7 Å². The van der Waals surface area contributed by atoms with Crippen LogP contribution >= 0.6 is 0 Å². The van der Waals surface area contributed by atoms with Crippen LogP contribution in [0.4, 0.5) is 11.8 Å². The highest BCUT2D eigenvalue weighted by Gasteiger charge is 2.24. The van der Waals surface area contributed by atoms with Crippen molar-refractivity contribution in [1.29, 1.82) is 0 Å². The van der Waals surface area contributed by atoms with Crippen molar-refractivity contribution in [2.45, 2.75) is 6.42 Å². The number of nitrogens with two attached hydrogens (primary N) is 1. The molecule has 0 aliphatic carbocycles. The molecule has 7 nitrogen and oxygen atoms in total. The lowest BCUT2D eigenvalue weighted by Gasteiger charge is -2.12. The van der Waals surface area contributed by atoms with E-state index in [1.807, 2.05) is 49.3 Å². The molecule has 0 saturated carbocycles. The summed E-state index contributed by atoms with van der Waals surface area (Å²) in [7, 11) is 5.42. The molecule has 0 amide bonds. The number of benzene rings is 1. The van der Waals surface area contributed by atoms with Crippen LogP contribution in [0, 0.1) is 0 Å². The van der Waals surface area contributed by atoms with Gasteiger partial charge in [-0.3, -0.25) is 4.99 Å². The minimum Gasteiger partial charge on any atom is -0.493 e. The van der Waals surface area contributed by atoms with E-state index in [-0.39, 0.29) is 0 Å². The summed E-state index contributed by atoms with van der Waals surface area (Å²) in [6.45, 7) is 0. The zero-order valence-electron chi connectivity index (χ0n) is 16.6. The Bertz CT molecular complexity index is 1110. The average molecular weight is 386 g/mol. The van der Waals surface area contributed by atoms with Crippen LogP contribution in [0.5, 0.6) is 5.75 Å². The normalized spacial score (nSPS) is 13.4. The van der Waals surface area contributed by atoms with E-state index in [2.05, 4.69) is 22.1 Å². The number of allylic oxidation sites excluding steroid dienone is 1. The zero-order chi connectivity index (χ0) is 20.4. The molecule has 0 spiro atoms. The Morgan fingerprint density at radius 2 is 1.83 bits per heavy atom. The van der Waals surface area contributed by atoms with Crippen LogP contribution < -0.4 is 15.4 Å². The maximum absolute atomic E-state index is 5.90. The molecule has 0 radical (unpaired) electrons. The van der Waals surface area contributed by atoms with E-state index in [0.717, 1.165) is 33.8 Å². The first-order valence-electron chi connectivity index (χ1n) is 9.23. The molecular weight excluding hydrogens is 364 g/mol. The molecule has 0 saturated heterocycles. The topological polar surface area (TPSA) is 89.5 Å². The summed E-state index contributed by atoms with van der Waals surface area (Å²) >= 11 is 0. The van der Waals surface area contributed by atoms with Crippen LogP contribution in [0.1, 0.15) is 23.2 Å². The molecule has 2 N–H and O–H groups in total. The lowest BCUT2D eigenvalue weighted by atomic mass is 10.00. The highest BCUT2D eigenvalue weighted by atomic mass is 16.5. The van der Waals surface area contributed by atoms with E-state index in [1.54, 1.807) is 19.5 Å². The number of ether oxygens (including phenoxy) is 1. The van der Waals surface area contributed by atoms with Gasteiger partial charge in [-0.15, -0.1) is 0 Å². The fourth-order valence-electron chi connectivity index (χ4n) is 3.22. The predicted octanol–water partition coefficient (Wildman–Crippen LogP) is 3.29. The summed E-state index contributed by atoms with van der Waals surface area (Å²) in [6.07, 6.45) is 4.15. The van der Waals surface area contributed by atoms with Gasteiger partial charge in [0, 0.05) is 44.0 Å². The van der Waals surface area contributed by atoms with Crippen molar-refractivity contribution < 1.29 is 4.74 Å². The van der Waals surface area contributed by atoms with Crippen LogP contribution in [0.2, 0.25) is 0 Å². The van der Waals surface area contributed by atoms with Crippen molar-refractivity contribution in [3.63, 3.8) is 0 Å². The molecule has 7 heteroatoms. The van der Waals surface area contributed by atoms with Gasteiger partial charge in [0.25, 0.3) is 0 Å². The van der Waals surface area contributed by atoms with Crippen molar-refractivity contribution in [3.05, 3.63) is 71.7 Å². The van der Waals surface area contributed by atoms with Gasteiger partial charge in [-0.25, -0.2) is 15.0 Å². The first kappa shape index (κ1) is 18.6. The van der Waals surface area contributed by atoms with Crippen molar-refractivity contribution in [1.82, 2.24) is 15.0 Å². The van der Waals surface area contributed by atoms with Gasteiger partial charge in [0.1, 0.15) is 0 Å². The molecule has 3 heterocycles. The fraction of sp³-hybridized carbons (Fsp3) is 0.182. The molecule has 1 aliphatic rings. The van der Waals surface area contributed by atoms with Gasteiger partial charge in [-0.2, -0.15) is 0 Å². The van der Waals surface area contributed by atoms with Crippen LogP contribution in [0.15, 0.2) is 59.9 Å². The molecule has 4 rings (SSSR count). The number of pyridine rings is 1. The Kier molecular flexibility index (Phi) is 4.95. The van der Waals surface area contributed by atoms with E-state index in [1.165, 1.54) is 0 Å². The summed E-state index contributed by atoms with van der Waals surface area (Å²) in [5, 5.41) is 0. The van der Waals surface area contributed by atoms with Crippen molar-refractivity contribution in [2.75, 3.05) is 31.8 Å². The van der Waals surface area contributed by atoms with Crippen LogP contribution in [-0.4, -0.2) is 41.9 Å². The summed E-state index contributed by atoms with van der Waals surface area (Å²) < 4.78 is 5.36. The third kappa shape index (κ3) is 3.67. The van der Waals surface area contributed by atoms with Crippen LogP contribution in [-0.2, 0) is 0 Å². The second kappa shape index (κ2) is 7.71. The van der Waals surface area contributed by atoms with E-state index in [0.29, 0.717) is 23.9 Å².